The number of nitrogens with zero attached hydrogens (tertiary/aromatic N) is 2. The van der Waals surface area contributed by atoms with E-state index < -0.39 is 17.6 Å². The van der Waals surface area contributed by atoms with Gasteiger partial charge in [-0.15, -0.1) is 0 Å². The topological polar surface area (TPSA) is 109 Å². The molecule has 0 saturated heterocycles. The van der Waals surface area contributed by atoms with Crippen LogP contribution in [0.25, 0.3) is 22.4 Å². The van der Waals surface area contributed by atoms with Gasteiger partial charge in [-0.2, -0.15) is 5.10 Å². The van der Waals surface area contributed by atoms with E-state index in [1.807, 2.05) is 0 Å². The Balaban J connectivity index is 1.75. The summed E-state index contributed by atoms with van der Waals surface area (Å²) in [7, 11) is 0. The minimum Gasteiger partial charge on any atom is -0.444 e. The van der Waals surface area contributed by atoms with Crippen LogP contribution in [0, 0.1) is 5.82 Å². The summed E-state index contributed by atoms with van der Waals surface area (Å²) in [6, 6.07) is 9.40. The van der Waals surface area contributed by atoms with Gasteiger partial charge in [-0.25, -0.2) is 9.18 Å². The molecule has 0 radical (unpaired) electrons. The quantitative estimate of drug-likeness (QED) is 0.524. The molecule has 0 aliphatic heterocycles. The van der Waals surface area contributed by atoms with Crippen molar-refractivity contribution >= 4 is 12.0 Å². The van der Waals surface area contributed by atoms with E-state index in [9.17, 15) is 14.0 Å². The molecule has 8 nitrogen and oxygen atoms in total. The molecule has 0 fully saturated rings. The van der Waals surface area contributed by atoms with Gasteiger partial charge in [0.15, 0.2) is 0 Å². The number of H-pyrrole nitrogens is 1. The van der Waals surface area contributed by atoms with Crippen molar-refractivity contribution in [3.05, 3.63) is 60.3 Å². The van der Waals surface area contributed by atoms with Crippen LogP contribution in [0.2, 0.25) is 0 Å². The first kappa shape index (κ1) is 21.9. The third-order valence-corrected chi connectivity index (χ3v) is 4.16. The Morgan fingerprint density at radius 3 is 2.29 bits per heavy atom. The standard InChI is InChI=1S/C22H24FN5O3/c1-22(2,3)31-21(30)26-13-12-25-20(29)19-17(14-8-10-24-11-9-14)18(27-28-19)15-4-6-16(23)7-5-15/h4-11H,12-13H2,1-3H3,(H,25,29)(H,26,30)(H,27,28). The molecule has 162 valence electrons. The summed E-state index contributed by atoms with van der Waals surface area (Å²) in [5.41, 5.74) is 2.15. The van der Waals surface area contributed by atoms with Gasteiger partial charge >= 0.3 is 6.09 Å². The van der Waals surface area contributed by atoms with Crippen LogP contribution in [0.3, 0.4) is 0 Å². The van der Waals surface area contributed by atoms with Gasteiger partial charge in [-0.3, -0.25) is 14.9 Å². The Kier molecular flexibility index (Phi) is 6.64. The number of aromatic amines is 1. The number of carbonyl (C=O) groups is 2. The summed E-state index contributed by atoms with van der Waals surface area (Å²) in [5.74, 6) is -0.751. The normalized spacial score (nSPS) is 11.1. The zero-order valence-electron chi connectivity index (χ0n) is 17.5. The first-order valence-corrected chi connectivity index (χ1v) is 9.74. The Bertz CT molecular complexity index is 1040. The number of ether oxygens (including phenoxy) is 1. The number of halogens is 1. The van der Waals surface area contributed by atoms with Crippen LogP contribution < -0.4 is 10.6 Å². The summed E-state index contributed by atoms with van der Waals surface area (Å²) in [4.78, 5) is 28.5. The maximum atomic E-state index is 13.3. The van der Waals surface area contributed by atoms with Crippen LogP contribution >= 0.6 is 0 Å². The van der Waals surface area contributed by atoms with Gasteiger partial charge in [0.05, 0.1) is 0 Å². The SMILES string of the molecule is CC(C)(C)OC(=O)NCCNC(=O)c1[nH]nc(-c2ccc(F)cc2)c1-c1ccncc1. The summed E-state index contributed by atoms with van der Waals surface area (Å²) < 4.78 is 18.5. The second-order valence-electron chi connectivity index (χ2n) is 7.75. The number of aromatic nitrogens is 3. The molecule has 1 aromatic carbocycles. The number of alkyl carbamates (subject to hydrolysis) is 1. The van der Waals surface area contributed by atoms with Crippen molar-refractivity contribution in [2.75, 3.05) is 13.1 Å². The number of benzene rings is 1. The van der Waals surface area contributed by atoms with E-state index in [1.54, 1.807) is 57.4 Å². The molecule has 0 saturated carbocycles. The molecule has 2 heterocycles. The van der Waals surface area contributed by atoms with E-state index in [0.717, 1.165) is 5.56 Å². The Morgan fingerprint density at radius 2 is 1.65 bits per heavy atom. The maximum Gasteiger partial charge on any atom is 0.407 e. The molecule has 31 heavy (non-hydrogen) atoms. The van der Waals surface area contributed by atoms with Crippen LogP contribution in [0.4, 0.5) is 9.18 Å². The number of hydrogen-bond donors (Lipinski definition) is 3. The number of hydrogen-bond acceptors (Lipinski definition) is 5. The molecular weight excluding hydrogens is 401 g/mol. The van der Waals surface area contributed by atoms with Gasteiger partial charge in [0.25, 0.3) is 5.91 Å². The molecule has 2 amide bonds. The van der Waals surface area contributed by atoms with E-state index in [2.05, 4.69) is 25.8 Å². The van der Waals surface area contributed by atoms with Crippen LogP contribution in [-0.2, 0) is 4.74 Å². The zero-order valence-corrected chi connectivity index (χ0v) is 17.5. The lowest BCUT2D eigenvalue weighted by atomic mass is 9.99. The highest BCUT2D eigenvalue weighted by Gasteiger charge is 2.22. The highest BCUT2D eigenvalue weighted by atomic mass is 19.1. The van der Waals surface area contributed by atoms with E-state index in [1.165, 1.54) is 12.1 Å². The fraction of sp³-hybridized carbons (Fsp3) is 0.273. The Hall–Kier alpha value is -3.75. The highest BCUT2D eigenvalue weighted by molar-refractivity contribution is 6.02. The molecule has 0 spiro atoms. The lowest BCUT2D eigenvalue weighted by Crippen LogP contribution is -2.38. The fourth-order valence-electron chi connectivity index (χ4n) is 2.87. The minimum atomic E-state index is -0.598. The van der Waals surface area contributed by atoms with Gasteiger partial charge in [0, 0.05) is 36.6 Å². The van der Waals surface area contributed by atoms with Gasteiger partial charge < -0.3 is 15.4 Å². The molecule has 0 atom stereocenters. The van der Waals surface area contributed by atoms with Crippen LogP contribution in [0.5, 0.6) is 0 Å². The van der Waals surface area contributed by atoms with Gasteiger partial charge in [0.1, 0.15) is 22.8 Å². The number of carbonyl (C=O) groups excluding carboxylic acids is 2. The number of nitrogens with one attached hydrogen (secondary N) is 3. The molecule has 0 aliphatic carbocycles. The Labute approximate surface area is 179 Å². The van der Waals surface area contributed by atoms with E-state index in [4.69, 9.17) is 4.74 Å². The molecule has 0 aliphatic rings. The summed E-state index contributed by atoms with van der Waals surface area (Å²) in [5, 5.41) is 12.4. The van der Waals surface area contributed by atoms with Crippen molar-refractivity contribution in [1.82, 2.24) is 25.8 Å². The molecule has 3 rings (SSSR count). The van der Waals surface area contributed by atoms with Gasteiger partial charge in [-0.1, -0.05) is 0 Å². The lowest BCUT2D eigenvalue weighted by molar-refractivity contribution is 0.0526. The van der Waals surface area contributed by atoms with Crippen molar-refractivity contribution in [3.8, 4) is 22.4 Å². The predicted octanol–water partition coefficient (Wildman–Crippen LogP) is 3.53. The summed E-state index contributed by atoms with van der Waals surface area (Å²) in [6.07, 6.45) is 2.67. The van der Waals surface area contributed by atoms with Crippen molar-refractivity contribution in [2.24, 2.45) is 0 Å². The fourth-order valence-corrected chi connectivity index (χ4v) is 2.87. The van der Waals surface area contributed by atoms with E-state index >= 15 is 0 Å². The third kappa shape index (κ3) is 5.88. The second kappa shape index (κ2) is 9.38. The summed E-state index contributed by atoms with van der Waals surface area (Å²) >= 11 is 0. The molecule has 0 bridgehead atoms. The largest absolute Gasteiger partial charge is 0.444 e. The monoisotopic (exact) mass is 425 g/mol. The van der Waals surface area contributed by atoms with E-state index in [0.29, 0.717) is 16.8 Å². The van der Waals surface area contributed by atoms with Gasteiger partial charge in [0.2, 0.25) is 0 Å². The molecule has 2 aromatic heterocycles. The highest BCUT2D eigenvalue weighted by Crippen LogP contribution is 2.33. The van der Waals surface area contributed by atoms with Crippen LogP contribution in [-0.4, -0.2) is 45.9 Å². The first-order valence-electron chi connectivity index (χ1n) is 9.74. The van der Waals surface area contributed by atoms with Crippen molar-refractivity contribution in [2.45, 2.75) is 26.4 Å². The average Bonchev–Trinajstić information content (AvgIpc) is 3.16. The van der Waals surface area contributed by atoms with Crippen LogP contribution in [0.15, 0.2) is 48.8 Å². The number of pyridine rings is 1. The van der Waals surface area contributed by atoms with E-state index in [-0.39, 0.29) is 24.6 Å². The molecule has 3 aromatic rings. The second-order valence-corrected chi connectivity index (χ2v) is 7.75. The predicted molar refractivity (Wildman–Crippen MR) is 114 cm³/mol. The van der Waals surface area contributed by atoms with Crippen molar-refractivity contribution in [3.63, 3.8) is 0 Å². The minimum absolute atomic E-state index is 0.193. The zero-order chi connectivity index (χ0) is 22.4. The third-order valence-electron chi connectivity index (χ3n) is 4.16. The van der Waals surface area contributed by atoms with Crippen molar-refractivity contribution < 1.29 is 18.7 Å². The smallest absolute Gasteiger partial charge is 0.407 e. The van der Waals surface area contributed by atoms with Crippen molar-refractivity contribution in [1.29, 1.82) is 0 Å². The maximum absolute atomic E-state index is 13.3. The number of rotatable bonds is 6. The Morgan fingerprint density at radius 1 is 1.00 bits per heavy atom. The van der Waals surface area contributed by atoms with Crippen LogP contribution in [0.1, 0.15) is 31.3 Å². The molecule has 3 N–H and O–H groups in total. The summed E-state index contributed by atoms with van der Waals surface area (Å²) in [6.45, 7) is 5.70. The first-order chi connectivity index (χ1) is 14.7. The number of amides is 2. The van der Waals surface area contributed by atoms with Gasteiger partial charge in [-0.05, 0) is 62.7 Å². The lowest BCUT2D eigenvalue weighted by Gasteiger charge is -2.19. The molecule has 0 unspecified atom stereocenters. The molecule has 9 heteroatoms. The average molecular weight is 425 g/mol. The molecular formula is C22H24FN5O3.